The molecule has 0 aliphatic carbocycles. The highest BCUT2D eigenvalue weighted by atomic mass is 16.4. The maximum absolute atomic E-state index is 13.9. The van der Waals surface area contributed by atoms with E-state index in [1.54, 1.807) is 30.5 Å². The van der Waals surface area contributed by atoms with Crippen LogP contribution in [0.1, 0.15) is 37.0 Å². The maximum Gasteiger partial charge on any atom is 0.326 e. The molecule has 4 unspecified atom stereocenters. The van der Waals surface area contributed by atoms with E-state index in [2.05, 4.69) is 20.9 Å². The Morgan fingerprint density at radius 2 is 1.19 bits per heavy atom. The van der Waals surface area contributed by atoms with Crippen LogP contribution in [0.5, 0.6) is 11.5 Å². The second-order valence-electron chi connectivity index (χ2n) is 12.1. The zero-order valence-electron chi connectivity index (χ0n) is 26.3. The van der Waals surface area contributed by atoms with Crippen molar-refractivity contribution in [3.8, 4) is 11.5 Å². The Morgan fingerprint density at radius 3 is 1.70 bits per heavy atom. The Kier molecular flexibility index (Phi) is 11.6. The molecule has 4 rings (SSSR count). The second-order valence-corrected chi connectivity index (χ2v) is 12.1. The normalized spacial score (nSPS) is 13.8. The lowest BCUT2D eigenvalue weighted by atomic mass is 10.00. The summed E-state index contributed by atoms with van der Waals surface area (Å²) in [5, 5.41) is 38.1. The summed E-state index contributed by atoms with van der Waals surface area (Å²) in [6.45, 7) is 3.66. The summed E-state index contributed by atoms with van der Waals surface area (Å²) in [7, 11) is 0. The molecule has 0 aliphatic rings. The number of carbonyl (C=O) groups excluding carboxylic acids is 3. The van der Waals surface area contributed by atoms with E-state index < -0.39 is 47.9 Å². The molecule has 248 valence electrons. The SMILES string of the molecule is CC(C)CC(NC(=O)C(Cc1ccc(O)cc1)NC(=O)C(Cc1ccc(O)cc1)NC(=O)C(N)Cc1c[nH]c2ccccc12)C(=O)O. The number of aromatic amines is 1. The highest BCUT2D eigenvalue weighted by Crippen LogP contribution is 2.19. The quantitative estimate of drug-likeness (QED) is 0.0963. The van der Waals surface area contributed by atoms with Crippen molar-refractivity contribution in [3.63, 3.8) is 0 Å². The van der Waals surface area contributed by atoms with Gasteiger partial charge in [-0.05, 0) is 65.8 Å². The van der Waals surface area contributed by atoms with Crippen LogP contribution in [0.4, 0.5) is 0 Å². The number of benzene rings is 3. The standard InChI is InChI=1S/C35H41N5O7/c1-20(2)15-31(35(46)47)40-34(45)30(17-22-9-13-25(42)14-10-22)39-33(44)29(16-21-7-11-24(41)12-8-21)38-32(43)27(36)18-23-19-37-28-6-4-3-5-26(23)28/h3-14,19-20,27,29-31,37,41-42H,15-18,36H2,1-2H3,(H,38,43)(H,39,44)(H,40,45)(H,46,47). The van der Waals surface area contributed by atoms with Crippen LogP contribution in [0.25, 0.3) is 10.9 Å². The van der Waals surface area contributed by atoms with Gasteiger partial charge in [0, 0.05) is 29.9 Å². The van der Waals surface area contributed by atoms with Crippen LogP contribution in [0.15, 0.2) is 79.0 Å². The number of hydrogen-bond acceptors (Lipinski definition) is 7. The number of para-hydroxylation sites is 1. The summed E-state index contributed by atoms with van der Waals surface area (Å²) in [4.78, 5) is 55.8. The van der Waals surface area contributed by atoms with E-state index >= 15 is 0 Å². The molecule has 47 heavy (non-hydrogen) atoms. The molecule has 0 fully saturated rings. The number of phenolic OH excluding ortho intramolecular Hbond substituents is 2. The van der Waals surface area contributed by atoms with Crippen molar-refractivity contribution >= 4 is 34.6 Å². The van der Waals surface area contributed by atoms with Gasteiger partial charge in [0.15, 0.2) is 0 Å². The molecule has 12 nitrogen and oxygen atoms in total. The van der Waals surface area contributed by atoms with Gasteiger partial charge in [-0.15, -0.1) is 0 Å². The zero-order chi connectivity index (χ0) is 34.1. The molecule has 3 aromatic carbocycles. The molecule has 9 N–H and O–H groups in total. The minimum Gasteiger partial charge on any atom is -0.508 e. The van der Waals surface area contributed by atoms with Gasteiger partial charge in [0.05, 0.1) is 6.04 Å². The minimum atomic E-state index is -1.22. The number of amides is 3. The molecular formula is C35H41N5O7. The Balaban J connectivity index is 1.56. The minimum absolute atomic E-state index is 0.0102. The summed E-state index contributed by atoms with van der Waals surface area (Å²) >= 11 is 0. The number of aromatic hydroxyl groups is 2. The van der Waals surface area contributed by atoms with Crippen LogP contribution in [0, 0.1) is 5.92 Å². The summed E-state index contributed by atoms with van der Waals surface area (Å²) in [5.41, 5.74) is 9.27. The average molecular weight is 644 g/mol. The third kappa shape index (κ3) is 9.81. The number of aliphatic carboxylic acids is 1. The monoisotopic (exact) mass is 643 g/mol. The first-order valence-electron chi connectivity index (χ1n) is 15.4. The zero-order valence-corrected chi connectivity index (χ0v) is 26.3. The summed E-state index contributed by atoms with van der Waals surface area (Å²) in [6.07, 6.45) is 2.15. The second kappa shape index (κ2) is 15.8. The molecule has 0 aliphatic heterocycles. The number of nitrogens with two attached hydrogens (primary N) is 1. The summed E-state index contributed by atoms with van der Waals surface area (Å²) in [5.74, 6) is -3.19. The van der Waals surface area contributed by atoms with E-state index in [4.69, 9.17) is 5.73 Å². The number of carboxylic acid groups (broad SMARTS) is 1. The largest absolute Gasteiger partial charge is 0.508 e. The van der Waals surface area contributed by atoms with Crippen molar-refractivity contribution in [2.45, 2.75) is 63.7 Å². The fourth-order valence-electron chi connectivity index (χ4n) is 5.30. The Hall–Kier alpha value is -5.36. The van der Waals surface area contributed by atoms with Gasteiger partial charge in [0.1, 0.15) is 29.6 Å². The van der Waals surface area contributed by atoms with Crippen LogP contribution in [-0.4, -0.2) is 68.2 Å². The lowest BCUT2D eigenvalue weighted by Gasteiger charge is -2.26. The number of aromatic nitrogens is 1. The van der Waals surface area contributed by atoms with Gasteiger partial charge < -0.3 is 42.0 Å². The van der Waals surface area contributed by atoms with Crippen molar-refractivity contribution in [3.05, 3.63) is 95.7 Å². The number of fused-ring (bicyclic) bond motifs is 1. The van der Waals surface area contributed by atoms with Gasteiger partial charge in [-0.25, -0.2) is 4.79 Å². The number of rotatable bonds is 15. The van der Waals surface area contributed by atoms with Gasteiger partial charge in [-0.1, -0.05) is 56.3 Å². The van der Waals surface area contributed by atoms with Gasteiger partial charge in [0.25, 0.3) is 0 Å². The fraction of sp³-hybridized carbons (Fsp3) is 0.314. The molecule has 0 spiro atoms. The highest BCUT2D eigenvalue weighted by molar-refractivity contribution is 5.94. The van der Waals surface area contributed by atoms with Crippen molar-refractivity contribution in [1.82, 2.24) is 20.9 Å². The Morgan fingerprint density at radius 1 is 0.702 bits per heavy atom. The number of hydrogen-bond donors (Lipinski definition) is 8. The van der Waals surface area contributed by atoms with Crippen LogP contribution >= 0.6 is 0 Å². The van der Waals surface area contributed by atoms with E-state index in [1.165, 1.54) is 24.3 Å². The summed E-state index contributed by atoms with van der Waals surface area (Å²) in [6, 6.07) is 15.2. The first-order chi connectivity index (χ1) is 22.4. The molecular weight excluding hydrogens is 602 g/mol. The van der Waals surface area contributed by atoms with Crippen LogP contribution in [-0.2, 0) is 38.4 Å². The van der Waals surface area contributed by atoms with Gasteiger partial charge in [0.2, 0.25) is 17.7 Å². The first kappa shape index (κ1) is 34.5. The average Bonchev–Trinajstić information content (AvgIpc) is 3.44. The molecule has 4 aromatic rings. The Bertz CT molecular complexity index is 1680. The summed E-state index contributed by atoms with van der Waals surface area (Å²) < 4.78 is 0. The number of carbonyl (C=O) groups is 4. The van der Waals surface area contributed by atoms with Gasteiger partial charge >= 0.3 is 5.97 Å². The van der Waals surface area contributed by atoms with E-state index in [1.807, 2.05) is 38.1 Å². The molecule has 1 heterocycles. The maximum atomic E-state index is 13.9. The highest BCUT2D eigenvalue weighted by Gasteiger charge is 2.31. The molecule has 0 saturated carbocycles. The Labute approximate surface area is 272 Å². The number of nitrogens with one attached hydrogen (secondary N) is 4. The fourth-order valence-corrected chi connectivity index (χ4v) is 5.30. The van der Waals surface area contributed by atoms with E-state index in [0.717, 1.165) is 16.5 Å². The number of carboxylic acids is 1. The molecule has 3 amide bonds. The van der Waals surface area contributed by atoms with Crippen molar-refractivity contribution in [2.24, 2.45) is 11.7 Å². The van der Waals surface area contributed by atoms with Crippen molar-refractivity contribution in [2.75, 3.05) is 0 Å². The van der Waals surface area contributed by atoms with E-state index in [-0.39, 0.29) is 43.1 Å². The smallest absolute Gasteiger partial charge is 0.326 e. The first-order valence-corrected chi connectivity index (χ1v) is 15.4. The molecule has 0 radical (unpaired) electrons. The predicted molar refractivity (Wildman–Crippen MR) is 176 cm³/mol. The van der Waals surface area contributed by atoms with E-state index in [0.29, 0.717) is 11.1 Å². The molecule has 12 heteroatoms. The number of phenols is 2. The lowest BCUT2D eigenvalue weighted by molar-refractivity contribution is -0.142. The van der Waals surface area contributed by atoms with Crippen molar-refractivity contribution < 1.29 is 34.5 Å². The molecule has 4 atom stereocenters. The molecule has 1 aromatic heterocycles. The van der Waals surface area contributed by atoms with Crippen molar-refractivity contribution in [1.29, 1.82) is 0 Å². The topological polar surface area (TPSA) is 207 Å². The van der Waals surface area contributed by atoms with Gasteiger partial charge in [-0.3, -0.25) is 14.4 Å². The molecule has 0 saturated heterocycles. The predicted octanol–water partition coefficient (Wildman–Crippen LogP) is 2.52. The third-order valence-corrected chi connectivity index (χ3v) is 7.79. The third-order valence-electron chi connectivity index (χ3n) is 7.79. The van der Waals surface area contributed by atoms with Gasteiger partial charge in [-0.2, -0.15) is 0 Å². The molecule has 0 bridgehead atoms. The number of H-pyrrole nitrogens is 1. The lowest BCUT2D eigenvalue weighted by Crippen LogP contribution is -2.58. The van der Waals surface area contributed by atoms with Crippen LogP contribution in [0.3, 0.4) is 0 Å². The van der Waals surface area contributed by atoms with E-state index in [9.17, 15) is 34.5 Å². The van der Waals surface area contributed by atoms with Crippen LogP contribution < -0.4 is 21.7 Å². The van der Waals surface area contributed by atoms with Crippen LogP contribution in [0.2, 0.25) is 0 Å².